The number of aromatic nitrogens is 3. The lowest BCUT2D eigenvalue weighted by atomic mass is 9.84. The lowest BCUT2D eigenvalue weighted by Gasteiger charge is -2.30. The zero-order valence-corrected chi connectivity index (χ0v) is 18.6. The molecular weight excluding hydrogens is 403 g/mol. The van der Waals surface area contributed by atoms with Gasteiger partial charge >= 0.3 is 0 Å². The third kappa shape index (κ3) is 4.33. The molecule has 6 nitrogen and oxygen atoms in total. The van der Waals surface area contributed by atoms with Crippen LogP contribution in [0.1, 0.15) is 44.5 Å². The van der Waals surface area contributed by atoms with Crippen LogP contribution >= 0.6 is 11.8 Å². The van der Waals surface area contributed by atoms with E-state index < -0.39 is 5.82 Å². The van der Waals surface area contributed by atoms with Gasteiger partial charge < -0.3 is 9.64 Å². The minimum atomic E-state index is -0.393. The number of nitrogens with zero attached hydrogens (tertiary/aromatic N) is 4. The summed E-state index contributed by atoms with van der Waals surface area (Å²) in [6.07, 6.45) is 5.20. The van der Waals surface area contributed by atoms with E-state index in [0.717, 1.165) is 17.0 Å². The minimum absolute atomic E-state index is 0.0336. The maximum Gasteiger partial charge on any atom is 0.232 e. The zero-order valence-electron chi connectivity index (χ0n) is 17.8. The van der Waals surface area contributed by atoms with Crippen LogP contribution in [0, 0.1) is 23.6 Å². The first kappa shape index (κ1) is 21.2. The fourth-order valence-electron chi connectivity index (χ4n) is 4.95. The molecule has 0 saturated heterocycles. The van der Waals surface area contributed by atoms with Gasteiger partial charge in [-0.1, -0.05) is 30.3 Å². The summed E-state index contributed by atoms with van der Waals surface area (Å²) in [4.78, 5) is 13.7. The number of fused-ring (bicyclic) bond motifs is 2. The fraction of sp³-hybridized carbons (Fsp3) is 0.591. The lowest BCUT2D eigenvalue weighted by Crippen LogP contribution is -2.26. The van der Waals surface area contributed by atoms with Crippen molar-refractivity contribution < 1.29 is 13.9 Å². The van der Waals surface area contributed by atoms with Crippen LogP contribution in [0.25, 0.3) is 0 Å². The van der Waals surface area contributed by atoms with Crippen molar-refractivity contribution in [1.82, 2.24) is 19.7 Å². The molecule has 30 heavy (non-hydrogen) atoms. The summed E-state index contributed by atoms with van der Waals surface area (Å²) in [6, 6.07) is 6.59. The van der Waals surface area contributed by atoms with Gasteiger partial charge in [0.1, 0.15) is 6.61 Å². The molecule has 4 unspecified atom stereocenters. The Morgan fingerprint density at radius 1 is 1.30 bits per heavy atom. The second kappa shape index (κ2) is 8.96. The Labute approximate surface area is 181 Å². The quantitative estimate of drug-likeness (QED) is 0.586. The fourth-order valence-corrected chi connectivity index (χ4v) is 5.97. The third-order valence-electron chi connectivity index (χ3n) is 6.57. The lowest BCUT2D eigenvalue weighted by molar-refractivity contribution is -0.125. The summed E-state index contributed by atoms with van der Waals surface area (Å²) in [7, 11) is 3.50. The normalized spacial score (nSPS) is 23.5. The predicted molar refractivity (Wildman–Crippen MR) is 114 cm³/mol. The molecule has 2 fully saturated rings. The molecule has 4 rings (SSSR count). The number of ether oxygens (including phenoxy) is 1. The molecule has 2 bridgehead atoms. The van der Waals surface area contributed by atoms with Crippen molar-refractivity contribution in [2.75, 3.05) is 19.8 Å². The molecule has 8 heteroatoms. The number of benzene rings is 1. The van der Waals surface area contributed by atoms with E-state index in [9.17, 15) is 9.18 Å². The average molecular weight is 433 g/mol. The van der Waals surface area contributed by atoms with Crippen molar-refractivity contribution >= 4 is 17.7 Å². The number of carbonyl (C=O) groups excluding carboxylic acids is 1. The third-order valence-corrected chi connectivity index (χ3v) is 7.50. The summed E-state index contributed by atoms with van der Waals surface area (Å²) >= 11 is 1.40. The summed E-state index contributed by atoms with van der Waals surface area (Å²) in [5.41, 5.74) is 0. The highest BCUT2D eigenvalue weighted by Crippen LogP contribution is 2.52. The summed E-state index contributed by atoms with van der Waals surface area (Å²) in [5.74, 6) is 2.99. The Balaban J connectivity index is 1.55. The largest absolute Gasteiger partial charge is 0.483 e. The van der Waals surface area contributed by atoms with Gasteiger partial charge in [-0.05, 0) is 56.1 Å². The number of halogens is 1. The Bertz CT molecular complexity index is 903. The number of thioether (sulfide) groups is 1. The number of rotatable bonds is 8. The van der Waals surface area contributed by atoms with E-state index in [0.29, 0.717) is 17.5 Å². The van der Waals surface area contributed by atoms with Gasteiger partial charge in [-0.2, -0.15) is 0 Å². The van der Waals surface area contributed by atoms with E-state index in [1.165, 1.54) is 43.5 Å². The van der Waals surface area contributed by atoms with Gasteiger partial charge in [0, 0.05) is 20.1 Å². The molecule has 2 saturated carbocycles. The van der Waals surface area contributed by atoms with E-state index in [-0.39, 0.29) is 24.3 Å². The van der Waals surface area contributed by atoms with Gasteiger partial charge in [-0.3, -0.25) is 9.36 Å². The summed E-state index contributed by atoms with van der Waals surface area (Å²) in [6.45, 7) is 2.36. The molecule has 0 N–H and O–H groups in total. The number of para-hydroxylation sites is 1. The Morgan fingerprint density at radius 3 is 2.77 bits per heavy atom. The monoisotopic (exact) mass is 432 g/mol. The first-order valence-corrected chi connectivity index (χ1v) is 11.6. The van der Waals surface area contributed by atoms with Crippen molar-refractivity contribution in [1.29, 1.82) is 0 Å². The van der Waals surface area contributed by atoms with Crippen LogP contribution in [-0.4, -0.2) is 45.4 Å². The first-order chi connectivity index (χ1) is 14.4. The maximum absolute atomic E-state index is 14.0. The van der Waals surface area contributed by atoms with Crippen LogP contribution in [-0.2, 0) is 11.4 Å². The molecule has 1 amide bonds. The van der Waals surface area contributed by atoms with Crippen LogP contribution in [0.15, 0.2) is 29.4 Å². The maximum atomic E-state index is 14.0. The van der Waals surface area contributed by atoms with Gasteiger partial charge in [0.25, 0.3) is 0 Å². The molecule has 4 atom stereocenters. The molecule has 1 aromatic heterocycles. The molecule has 1 heterocycles. The van der Waals surface area contributed by atoms with Crippen molar-refractivity contribution in [3.63, 3.8) is 0 Å². The highest BCUT2D eigenvalue weighted by atomic mass is 32.2. The second-order valence-corrected chi connectivity index (χ2v) is 9.59. The van der Waals surface area contributed by atoms with Gasteiger partial charge in [-0.25, -0.2) is 4.39 Å². The molecule has 0 radical (unpaired) electrons. The van der Waals surface area contributed by atoms with E-state index >= 15 is 0 Å². The average Bonchev–Trinajstić information content (AvgIpc) is 3.46. The Morgan fingerprint density at radius 2 is 2.10 bits per heavy atom. The highest BCUT2D eigenvalue weighted by Gasteiger charge is 2.43. The van der Waals surface area contributed by atoms with E-state index in [4.69, 9.17) is 4.74 Å². The van der Waals surface area contributed by atoms with Crippen molar-refractivity contribution in [2.24, 2.45) is 17.8 Å². The second-order valence-electron chi connectivity index (χ2n) is 8.64. The van der Waals surface area contributed by atoms with Crippen LogP contribution in [0.5, 0.6) is 5.75 Å². The van der Waals surface area contributed by atoms with E-state index in [1.54, 1.807) is 37.2 Å². The molecule has 2 aliphatic carbocycles. The zero-order chi connectivity index (χ0) is 21.3. The van der Waals surface area contributed by atoms with Gasteiger partial charge in [0.15, 0.2) is 22.5 Å². The van der Waals surface area contributed by atoms with Crippen molar-refractivity contribution in [3.8, 4) is 5.75 Å². The van der Waals surface area contributed by atoms with Crippen LogP contribution in [0.2, 0.25) is 0 Å². The SMILES string of the molecule is CC(C1CC2CCC1C2)n1c(COc2ccccc2F)nnc1SCC(=O)N(C)C. The topological polar surface area (TPSA) is 60.2 Å². The van der Waals surface area contributed by atoms with E-state index in [1.807, 2.05) is 0 Å². The minimum Gasteiger partial charge on any atom is -0.483 e. The van der Waals surface area contributed by atoms with Crippen LogP contribution < -0.4 is 4.74 Å². The number of hydrogen-bond acceptors (Lipinski definition) is 5. The van der Waals surface area contributed by atoms with Crippen molar-refractivity contribution in [2.45, 2.75) is 50.4 Å². The molecule has 0 spiro atoms. The Kier molecular flexibility index (Phi) is 6.32. The van der Waals surface area contributed by atoms with E-state index in [2.05, 4.69) is 21.7 Å². The number of hydrogen-bond donors (Lipinski definition) is 0. The Hall–Kier alpha value is -2.09. The van der Waals surface area contributed by atoms with Crippen LogP contribution in [0.3, 0.4) is 0 Å². The smallest absolute Gasteiger partial charge is 0.232 e. The number of amides is 1. The van der Waals surface area contributed by atoms with Gasteiger partial charge in [0.2, 0.25) is 5.91 Å². The molecular formula is C22H29FN4O2S. The van der Waals surface area contributed by atoms with Gasteiger partial charge in [0.05, 0.1) is 5.75 Å². The molecule has 0 aliphatic heterocycles. The summed E-state index contributed by atoms with van der Waals surface area (Å²) in [5, 5.41) is 9.46. The first-order valence-electron chi connectivity index (χ1n) is 10.6. The van der Waals surface area contributed by atoms with Gasteiger partial charge in [-0.15, -0.1) is 10.2 Å². The molecule has 2 aromatic rings. The molecule has 1 aromatic carbocycles. The molecule has 2 aliphatic rings. The standard InChI is InChI=1S/C22H29FN4O2S/c1-14(17-11-15-8-9-16(17)10-15)27-20(12-29-19-7-5-4-6-18(19)23)24-25-22(27)30-13-21(28)26(2)3/h4-7,14-17H,8-13H2,1-3H3. The summed E-state index contributed by atoms with van der Waals surface area (Å²) < 4.78 is 21.8. The molecule has 162 valence electrons. The van der Waals surface area contributed by atoms with Crippen molar-refractivity contribution in [3.05, 3.63) is 35.9 Å². The van der Waals surface area contributed by atoms with Crippen LogP contribution in [0.4, 0.5) is 4.39 Å². The number of carbonyl (C=O) groups is 1. The highest BCUT2D eigenvalue weighted by molar-refractivity contribution is 7.99. The predicted octanol–water partition coefficient (Wildman–Crippen LogP) is 4.17.